The van der Waals surface area contributed by atoms with E-state index in [4.69, 9.17) is 27.8 Å². The minimum atomic E-state index is 0.189. The van der Waals surface area contributed by atoms with Crippen LogP contribution in [0.2, 0.25) is 0 Å². The number of nitrogens with zero attached hydrogens (tertiary/aromatic N) is 1. The highest BCUT2D eigenvalue weighted by Gasteiger charge is 2.28. The molecule has 0 aromatic heterocycles. The second kappa shape index (κ2) is 6.32. The number of aliphatic hydroxyl groups is 1. The van der Waals surface area contributed by atoms with E-state index in [-0.39, 0.29) is 6.61 Å². The fraction of sp³-hybridized carbons (Fsp3) is 0.500. The van der Waals surface area contributed by atoms with E-state index in [1.54, 1.807) is 7.11 Å². The average Bonchev–Trinajstić information content (AvgIpc) is 3.22. The maximum atomic E-state index is 9.11. The van der Waals surface area contributed by atoms with Gasteiger partial charge in [0.05, 0.1) is 19.3 Å². The Balaban J connectivity index is 2.15. The summed E-state index contributed by atoms with van der Waals surface area (Å²) < 4.78 is 5.25. The van der Waals surface area contributed by atoms with Crippen molar-refractivity contribution in [2.24, 2.45) is 5.73 Å². The SMILES string of the molecule is COc1ccc(CN(CCO)C2CC2)cc1C(N)=S. The van der Waals surface area contributed by atoms with Gasteiger partial charge in [-0.2, -0.15) is 0 Å². The molecule has 1 saturated carbocycles. The Morgan fingerprint density at radius 2 is 2.26 bits per heavy atom. The molecule has 104 valence electrons. The number of nitrogens with two attached hydrogens (primary N) is 1. The molecule has 2 rings (SSSR count). The normalized spacial score (nSPS) is 14.7. The van der Waals surface area contributed by atoms with Gasteiger partial charge >= 0.3 is 0 Å². The highest BCUT2D eigenvalue weighted by atomic mass is 32.1. The number of rotatable bonds is 7. The molecule has 0 aliphatic heterocycles. The van der Waals surface area contributed by atoms with Crippen molar-refractivity contribution in [1.82, 2.24) is 4.90 Å². The van der Waals surface area contributed by atoms with Crippen molar-refractivity contribution in [2.75, 3.05) is 20.3 Å². The predicted molar refractivity (Wildman–Crippen MR) is 79.4 cm³/mol. The van der Waals surface area contributed by atoms with Crippen LogP contribution in [0.1, 0.15) is 24.0 Å². The first-order valence-corrected chi connectivity index (χ1v) is 6.88. The Morgan fingerprint density at radius 1 is 1.53 bits per heavy atom. The number of methoxy groups -OCH3 is 1. The van der Waals surface area contributed by atoms with Crippen LogP contribution in [0.5, 0.6) is 5.75 Å². The average molecular weight is 280 g/mol. The lowest BCUT2D eigenvalue weighted by Gasteiger charge is -2.21. The highest BCUT2D eigenvalue weighted by Crippen LogP contribution is 2.29. The van der Waals surface area contributed by atoms with Gasteiger partial charge in [-0.05, 0) is 30.5 Å². The van der Waals surface area contributed by atoms with Crippen molar-refractivity contribution < 1.29 is 9.84 Å². The van der Waals surface area contributed by atoms with Crippen LogP contribution in [0.3, 0.4) is 0 Å². The summed E-state index contributed by atoms with van der Waals surface area (Å²) in [6, 6.07) is 6.51. The Labute approximate surface area is 119 Å². The number of aliphatic hydroxyl groups excluding tert-OH is 1. The third-order valence-corrected chi connectivity index (χ3v) is 3.59. The molecular weight excluding hydrogens is 260 g/mol. The van der Waals surface area contributed by atoms with Gasteiger partial charge in [0.1, 0.15) is 10.7 Å². The van der Waals surface area contributed by atoms with Crippen molar-refractivity contribution in [3.8, 4) is 5.75 Å². The van der Waals surface area contributed by atoms with Crippen LogP contribution < -0.4 is 10.5 Å². The molecule has 0 radical (unpaired) electrons. The summed E-state index contributed by atoms with van der Waals surface area (Å²) in [5.41, 5.74) is 7.63. The molecule has 0 spiro atoms. The summed E-state index contributed by atoms with van der Waals surface area (Å²) in [7, 11) is 1.61. The summed E-state index contributed by atoms with van der Waals surface area (Å²) in [5.74, 6) is 0.705. The van der Waals surface area contributed by atoms with Gasteiger partial charge in [-0.25, -0.2) is 0 Å². The zero-order chi connectivity index (χ0) is 13.8. The summed E-state index contributed by atoms with van der Waals surface area (Å²) >= 11 is 5.05. The molecule has 1 aromatic carbocycles. The standard InChI is InChI=1S/C14H20N2O2S/c1-18-13-5-2-10(8-12(13)14(15)19)9-16(6-7-17)11-3-4-11/h2,5,8,11,17H,3-4,6-7,9H2,1H3,(H2,15,19). The number of ether oxygens (including phenoxy) is 1. The van der Waals surface area contributed by atoms with Crippen LogP contribution in [0.25, 0.3) is 0 Å². The predicted octanol–water partition coefficient (Wildman–Crippen LogP) is 1.29. The van der Waals surface area contributed by atoms with Gasteiger partial charge in [-0.15, -0.1) is 0 Å². The first-order valence-electron chi connectivity index (χ1n) is 6.47. The maximum Gasteiger partial charge on any atom is 0.129 e. The number of benzene rings is 1. The first-order chi connectivity index (χ1) is 9.15. The summed E-state index contributed by atoms with van der Waals surface area (Å²) in [5, 5.41) is 9.11. The van der Waals surface area contributed by atoms with Crippen LogP contribution in [-0.4, -0.2) is 41.3 Å². The first kappa shape index (κ1) is 14.2. The Kier molecular flexibility index (Phi) is 4.74. The van der Waals surface area contributed by atoms with Crippen LogP contribution in [0, 0.1) is 0 Å². The quantitative estimate of drug-likeness (QED) is 0.737. The Bertz CT molecular complexity index is 461. The molecule has 0 amide bonds. The monoisotopic (exact) mass is 280 g/mol. The lowest BCUT2D eigenvalue weighted by Crippen LogP contribution is -2.28. The maximum absolute atomic E-state index is 9.11. The van der Waals surface area contributed by atoms with Gasteiger partial charge in [0, 0.05) is 19.1 Å². The summed E-state index contributed by atoms with van der Waals surface area (Å²) in [4.78, 5) is 2.64. The van der Waals surface area contributed by atoms with E-state index in [0.29, 0.717) is 23.3 Å². The molecule has 5 heteroatoms. The van der Waals surface area contributed by atoms with E-state index in [9.17, 15) is 0 Å². The van der Waals surface area contributed by atoms with Gasteiger partial charge in [0.25, 0.3) is 0 Å². The molecule has 1 aliphatic carbocycles. The molecular formula is C14H20N2O2S. The third-order valence-electron chi connectivity index (χ3n) is 3.37. The fourth-order valence-electron chi connectivity index (χ4n) is 2.24. The smallest absolute Gasteiger partial charge is 0.129 e. The number of hydrogen-bond donors (Lipinski definition) is 2. The van der Waals surface area contributed by atoms with Crippen molar-refractivity contribution in [3.63, 3.8) is 0 Å². The fourth-order valence-corrected chi connectivity index (χ4v) is 2.40. The van der Waals surface area contributed by atoms with Crippen molar-refractivity contribution in [1.29, 1.82) is 0 Å². The molecule has 1 aliphatic rings. The van der Waals surface area contributed by atoms with Gasteiger partial charge in [0.15, 0.2) is 0 Å². The molecule has 0 unspecified atom stereocenters. The second-order valence-corrected chi connectivity index (χ2v) is 5.26. The third kappa shape index (κ3) is 3.65. The summed E-state index contributed by atoms with van der Waals surface area (Å²) in [6.07, 6.45) is 2.44. The molecule has 0 heterocycles. The second-order valence-electron chi connectivity index (χ2n) is 4.82. The van der Waals surface area contributed by atoms with E-state index >= 15 is 0 Å². The summed E-state index contributed by atoms with van der Waals surface area (Å²) in [6.45, 7) is 1.71. The van der Waals surface area contributed by atoms with Crippen LogP contribution >= 0.6 is 12.2 Å². The van der Waals surface area contributed by atoms with Crippen LogP contribution in [0.15, 0.2) is 18.2 Å². The van der Waals surface area contributed by atoms with Crippen LogP contribution in [-0.2, 0) is 6.54 Å². The van der Waals surface area contributed by atoms with Crippen molar-refractivity contribution in [3.05, 3.63) is 29.3 Å². The molecule has 0 bridgehead atoms. The molecule has 19 heavy (non-hydrogen) atoms. The van der Waals surface area contributed by atoms with Gasteiger partial charge in [-0.1, -0.05) is 18.3 Å². The van der Waals surface area contributed by atoms with Gasteiger partial charge in [0.2, 0.25) is 0 Å². The Morgan fingerprint density at radius 3 is 2.79 bits per heavy atom. The zero-order valence-corrected chi connectivity index (χ0v) is 11.9. The zero-order valence-electron chi connectivity index (χ0n) is 11.1. The lowest BCUT2D eigenvalue weighted by molar-refractivity contribution is 0.183. The minimum absolute atomic E-state index is 0.189. The molecule has 1 aromatic rings. The number of hydrogen-bond acceptors (Lipinski definition) is 4. The minimum Gasteiger partial charge on any atom is -0.496 e. The van der Waals surface area contributed by atoms with E-state index in [1.165, 1.54) is 12.8 Å². The van der Waals surface area contributed by atoms with E-state index < -0.39 is 0 Å². The van der Waals surface area contributed by atoms with Gasteiger partial charge < -0.3 is 15.6 Å². The highest BCUT2D eigenvalue weighted by molar-refractivity contribution is 7.80. The topological polar surface area (TPSA) is 58.7 Å². The van der Waals surface area contributed by atoms with Crippen molar-refractivity contribution in [2.45, 2.75) is 25.4 Å². The molecule has 1 fully saturated rings. The van der Waals surface area contributed by atoms with Crippen molar-refractivity contribution >= 4 is 17.2 Å². The van der Waals surface area contributed by atoms with Gasteiger partial charge in [-0.3, -0.25) is 4.90 Å². The van der Waals surface area contributed by atoms with E-state index in [1.807, 2.05) is 18.2 Å². The largest absolute Gasteiger partial charge is 0.496 e. The number of thiocarbonyl (C=S) groups is 1. The van der Waals surface area contributed by atoms with Crippen LogP contribution in [0.4, 0.5) is 0 Å². The Hall–Kier alpha value is -1.17. The van der Waals surface area contributed by atoms with E-state index in [0.717, 1.165) is 17.7 Å². The lowest BCUT2D eigenvalue weighted by atomic mass is 10.1. The molecule has 0 atom stereocenters. The molecule has 4 nitrogen and oxygen atoms in total. The van der Waals surface area contributed by atoms with E-state index in [2.05, 4.69) is 4.90 Å². The molecule has 3 N–H and O–H groups in total. The molecule has 0 saturated heterocycles.